The zero-order chi connectivity index (χ0) is 9.35. The van der Waals surface area contributed by atoms with Crippen molar-refractivity contribution in [1.29, 1.82) is 5.26 Å². The number of nitriles is 1. The van der Waals surface area contributed by atoms with Crippen LogP contribution in [0.2, 0.25) is 0 Å². The van der Waals surface area contributed by atoms with E-state index in [1.165, 1.54) is 0 Å². The lowest BCUT2D eigenvalue weighted by atomic mass is 9.93. The third-order valence-corrected chi connectivity index (χ3v) is 1.62. The number of nitrogens with two attached hydrogens (primary N) is 1. The molecule has 64 valence electrons. The van der Waals surface area contributed by atoms with Crippen LogP contribution in [0.4, 0.5) is 5.88 Å². The highest BCUT2D eigenvalue weighted by atomic mass is 16.4. The molecule has 0 radical (unpaired) electrons. The number of hydrogen-bond donors (Lipinski definition) is 1. The molecule has 0 aliphatic heterocycles. The summed E-state index contributed by atoms with van der Waals surface area (Å²) >= 11 is 0. The second kappa shape index (κ2) is 2.56. The summed E-state index contributed by atoms with van der Waals surface area (Å²) < 4.78 is 5.23. The van der Waals surface area contributed by atoms with E-state index in [1.807, 2.05) is 26.8 Å². The molecule has 0 fully saturated rings. The topological polar surface area (TPSA) is 63.0 Å². The molecule has 1 aromatic rings. The predicted molar refractivity (Wildman–Crippen MR) is 46.5 cm³/mol. The fraction of sp³-hybridized carbons (Fsp3) is 0.444. The molecule has 0 aromatic carbocycles. The molecule has 0 unspecified atom stereocenters. The molecule has 0 saturated carbocycles. The molecule has 0 spiro atoms. The van der Waals surface area contributed by atoms with E-state index >= 15 is 0 Å². The van der Waals surface area contributed by atoms with Gasteiger partial charge in [0.25, 0.3) is 0 Å². The van der Waals surface area contributed by atoms with E-state index in [1.54, 1.807) is 6.07 Å². The molecule has 0 aliphatic rings. The molecule has 0 amide bonds. The Morgan fingerprint density at radius 1 is 1.50 bits per heavy atom. The van der Waals surface area contributed by atoms with Crippen molar-refractivity contribution in [3.8, 4) is 6.07 Å². The number of rotatable bonds is 0. The SMILES string of the molecule is CC(C)(C)c1cc(C#N)c(N)o1. The molecule has 1 rings (SSSR count). The molecule has 12 heavy (non-hydrogen) atoms. The van der Waals surface area contributed by atoms with E-state index in [4.69, 9.17) is 15.4 Å². The summed E-state index contributed by atoms with van der Waals surface area (Å²) in [5.74, 6) is 0.957. The Morgan fingerprint density at radius 2 is 2.08 bits per heavy atom. The quantitative estimate of drug-likeness (QED) is 0.638. The average molecular weight is 164 g/mol. The van der Waals surface area contributed by atoms with E-state index < -0.39 is 0 Å². The first kappa shape index (κ1) is 8.66. The van der Waals surface area contributed by atoms with Crippen LogP contribution in [-0.4, -0.2) is 0 Å². The van der Waals surface area contributed by atoms with E-state index in [9.17, 15) is 0 Å². The largest absolute Gasteiger partial charge is 0.444 e. The van der Waals surface area contributed by atoms with E-state index in [0.717, 1.165) is 5.76 Å². The first-order valence-corrected chi connectivity index (χ1v) is 3.75. The Labute approximate surface area is 71.8 Å². The van der Waals surface area contributed by atoms with Gasteiger partial charge in [0, 0.05) is 11.5 Å². The minimum atomic E-state index is -0.0940. The molecule has 0 aliphatic carbocycles. The highest BCUT2D eigenvalue weighted by Gasteiger charge is 2.20. The first-order chi connectivity index (χ1) is 5.45. The third-order valence-electron chi connectivity index (χ3n) is 1.62. The van der Waals surface area contributed by atoms with Crippen molar-refractivity contribution in [1.82, 2.24) is 0 Å². The van der Waals surface area contributed by atoms with Gasteiger partial charge in [-0.15, -0.1) is 0 Å². The van der Waals surface area contributed by atoms with Gasteiger partial charge in [-0.3, -0.25) is 0 Å². The highest BCUT2D eigenvalue weighted by Crippen LogP contribution is 2.27. The second-order valence-electron chi connectivity index (χ2n) is 3.75. The molecule has 0 bridgehead atoms. The Morgan fingerprint density at radius 3 is 2.33 bits per heavy atom. The Bertz CT molecular complexity index is 325. The maximum Gasteiger partial charge on any atom is 0.208 e. The molecular weight excluding hydrogens is 152 g/mol. The summed E-state index contributed by atoms with van der Waals surface area (Å²) in [6, 6.07) is 3.66. The standard InChI is InChI=1S/C9H12N2O/c1-9(2,3)7-4-6(5-10)8(11)12-7/h4H,11H2,1-3H3. The van der Waals surface area contributed by atoms with Crippen LogP contribution < -0.4 is 5.73 Å². The molecule has 1 heterocycles. The van der Waals surface area contributed by atoms with Gasteiger partial charge in [-0.2, -0.15) is 5.26 Å². The molecular formula is C9H12N2O. The van der Waals surface area contributed by atoms with Crippen molar-refractivity contribution in [3.63, 3.8) is 0 Å². The fourth-order valence-electron chi connectivity index (χ4n) is 0.862. The van der Waals surface area contributed by atoms with Crippen LogP contribution in [0.5, 0.6) is 0 Å². The minimum Gasteiger partial charge on any atom is -0.444 e. The number of anilines is 1. The van der Waals surface area contributed by atoms with Gasteiger partial charge in [-0.1, -0.05) is 20.8 Å². The van der Waals surface area contributed by atoms with Crippen molar-refractivity contribution in [2.45, 2.75) is 26.2 Å². The Kier molecular flexibility index (Phi) is 1.85. The van der Waals surface area contributed by atoms with Crippen LogP contribution in [0, 0.1) is 11.3 Å². The maximum atomic E-state index is 8.61. The van der Waals surface area contributed by atoms with Gasteiger partial charge >= 0.3 is 0 Å². The normalized spacial score (nSPS) is 11.2. The summed E-state index contributed by atoms with van der Waals surface area (Å²) in [7, 11) is 0. The summed E-state index contributed by atoms with van der Waals surface area (Å²) in [4.78, 5) is 0. The summed E-state index contributed by atoms with van der Waals surface area (Å²) in [5, 5.41) is 8.61. The van der Waals surface area contributed by atoms with Crippen molar-refractivity contribution in [2.24, 2.45) is 0 Å². The highest BCUT2D eigenvalue weighted by molar-refractivity contribution is 5.48. The van der Waals surface area contributed by atoms with Crippen LogP contribution in [0.25, 0.3) is 0 Å². The van der Waals surface area contributed by atoms with Gasteiger partial charge in [0.15, 0.2) is 0 Å². The monoisotopic (exact) mass is 164 g/mol. The minimum absolute atomic E-state index is 0.0940. The van der Waals surface area contributed by atoms with Gasteiger partial charge in [-0.25, -0.2) is 0 Å². The van der Waals surface area contributed by atoms with Crippen LogP contribution in [0.3, 0.4) is 0 Å². The zero-order valence-corrected chi connectivity index (χ0v) is 7.51. The van der Waals surface area contributed by atoms with Gasteiger partial charge in [-0.05, 0) is 0 Å². The summed E-state index contributed by atoms with van der Waals surface area (Å²) in [6.45, 7) is 6.02. The summed E-state index contributed by atoms with van der Waals surface area (Å²) in [6.07, 6.45) is 0. The lowest BCUT2D eigenvalue weighted by Crippen LogP contribution is -2.09. The van der Waals surface area contributed by atoms with E-state index in [0.29, 0.717) is 5.56 Å². The van der Waals surface area contributed by atoms with Gasteiger partial charge < -0.3 is 10.2 Å². The van der Waals surface area contributed by atoms with Gasteiger partial charge in [0.1, 0.15) is 17.4 Å². The molecule has 1 aromatic heterocycles. The second-order valence-corrected chi connectivity index (χ2v) is 3.75. The van der Waals surface area contributed by atoms with Crippen LogP contribution in [0.15, 0.2) is 10.5 Å². The first-order valence-electron chi connectivity index (χ1n) is 3.75. The maximum absolute atomic E-state index is 8.61. The lowest BCUT2D eigenvalue weighted by molar-refractivity contribution is 0.419. The van der Waals surface area contributed by atoms with Crippen molar-refractivity contribution in [2.75, 3.05) is 5.73 Å². The molecule has 0 saturated heterocycles. The Hall–Kier alpha value is -1.43. The average Bonchev–Trinajstić information content (AvgIpc) is 2.29. The van der Waals surface area contributed by atoms with Crippen molar-refractivity contribution >= 4 is 5.88 Å². The van der Waals surface area contributed by atoms with Gasteiger partial charge in [0.2, 0.25) is 5.88 Å². The molecule has 3 heteroatoms. The molecule has 0 atom stereocenters. The molecule has 3 nitrogen and oxygen atoms in total. The lowest BCUT2D eigenvalue weighted by Gasteiger charge is -2.13. The third kappa shape index (κ3) is 1.42. The number of nitrogens with zero attached hydrogens (tertiary/aromatic N) is 1. The van der Waals surface area contributed by atoms with E-state index in [2.05, 4.69) is 0 Å². The van der Waals surface area contributed by atoms with Crippen LogP contribution >= 0.6 is 0 Å². The van der Waals surface area contributed by atoms with Crippen LogP contribution in [-0.2, 0) is 5.41 Å². The smallest absolute Gasteiger partial charge is 0.208 e. The van der Waals surface area contributed by atoms with Crippen LogP contribution in [0.1, 0.15) is 32.1 Å². The Balaban J connectivity index is 3.16. The van der Waals surface area contributed by atoms with Crippen molar-refractivity contribution < 1.29 is 4.42 Å². The fourth-order valence-corrected chi connectivity index (χ4v) is 0.862. The predicted octanol–water partition coefficient (Wildman–Crippen LogP) is 2.03. The number of nitrogen functional groups attached to an aromatic ring is 1. The number of furan rings is 1. The zero-order valence-electron chi connectivity index (χ0n) is 7.51. The van der Waals surface area contributed by atoms with Gasteiger partial charge in [0.05, 0.1) is 0 Å². The molecule has 2 N–H and O–H groups in total. The summed E-state index contributed by atoms with van der Waals surface area (Å²) in [5.41, 5.74) is 5.78. The van der Waals surface area contributed by atoms with Crippen molar-refractivity contribution in [3.05, 3.63) is 17.4 Å². The van der Waals surface area contributed by atoms with E-state index in [-0.39, 0.29) is 11.3 Å². The number of hydrogen-bond acceptors (Lipinski definition) is 3.